The molecule has 0 amide bonds. The van der Waals surface area contributed by atoms with Crippen LogP contribution in [0.4, 0.5) is 10.1 Å². The number of halogens is 1. The van der Waals surface area contributed by atoms with Crippen molar-refractivity contribution in [3.05, 3.63) is 68.6 Å². The molecule has 0 fully saturated rings. The molecule has 2 aromatic carbocycles. The Labute approximate surface area is 206 Å². The summed E-state index contributed by atoms with van der Waals surface area (Å²) in [5, 5.41) is 13.9. The third kappa shape index (κ3) is 6.49. The molecule has 3 rings (SSSR count). The van der Waals surface area contributed by atoms with Gasteiger partial charge in [0, 0.05) is 63.4 Å². The average Bonchev–Trinajstić information content (AvgIpc) is 2.67. The van der Waals surface area contributed by atoms with Gasteiger partial charge in [0.15, 0.2) is 0 Å². The molecule has 0 unspecified atom stereocenters. The Morgan fingerprint density at radius 3 is 2.45 bits per heavy atom. The molecule has 1 heterocycles. The minimum atomic E-state index is -0.589. The zero-order valence-electron chi connectivity index (χ0n) is 18.4. The standard InChI is InChI=1S/C20H21FN2O4.C2H6N.Y/c1-23(2)10-14-13(7-11-5-4-6-15(22)19(11)21)20(25)27-17-9-12(24)8-16(26-3)18(14)17;1-3-2;/h4-6,8-9,24H,7,10,22H2,1-3H3;1-2H3;/q;-1;. The van der Waals surface area contributed by atoms with Crippen LogP contribution in [-0.2, 0) is 45.7 Å². The van der Waals surface area contributed by atoms with Crippen LogP contribution in [0.2, 0.25) is 0 Å². The van der Waals surface area contributed by atoms with E-state index in [4.69, 9.17) is 14.9 Å². The van der Waals surface area contributed by atoms with Gasteiger partial charge in [0.2, 0.25) is 0 Å². The van der Waals surface area contributed by atoms with Crippen molar-refractivity contribution in [2.24, 2.45) is 0 Å². The summed E-state index contributed by atoms with van der Waals surface area (Å²) >= 11 is 0. The number of nitrogens with zero attached hydrogens (tertiary/aromatic N) is 2. The van der Waals surface area contributed by atoms with Crippen molar-refractivity contribution in [2.75, 3.05) is 41.0 Å². The normalized spacial score (nSPS) is 10.4. The first kappa shape index (κ1) is 27.0. The summed E-state index contributed by atoms with van der Waals surface area (Å²) in [5.41, 5.74) is 6.58. The second-order valence-corrected chi connectivity index (χ2v) is 7.05. The molecule has 0 saturated heterocycles. The van der Waals surface area contributed by atoms with Gasteiger partial charge in [-0.1, -0.05) is 12.1 Å². The van der Waals surface area contributed by atoms with Crippen LogP contribution < -0.4 is 16.1 Å². The molecule has 0 atom stereocenters. The second kappa shape index (κ2) is 12.1. The molecule has 0 aliphatic heterocycles. The van der Waals surface area contributed by atoms with E-state index in [1.165, 1.54) is 25.3 Å². The molecule has 1 aromatic heterocycles. The predicted octanol–water partition coefficient (Wildman–Crippen LogP) is 3.50. The van der Waals surface area contributed by atoms with Crippen molar-refractivity contribution < 1.29 is 51.4 Å². The summed E-state index contributed by atoms with van der Waals surface area (Å²) in [7, 11) is 8.69. The predicted molar refractivity (Wildman–Crippen MR) is 117 cm³/mol. The quantitative estimate of drug-likeness (QED) is 0.407. The minimum absolute atomic E-state index is 0. The van der Waals surface area contributed by atoms with Gasteiger partial charge in [0.05, 0.1) is 18.2 Å². The van der Waals surface area contributed by atoms with E-state index in [1.54, 1.807) is 26.2 Å². The third-order valence-electron chi connectivity index (χ3n) is 4.34. The Morgan fingerprint density at radius 2 is 1.87 bits per heavy atom. The van der Waals surface area contributed by atoms with E-state index in [1.807, 2.05) is 19.0 Å². The molecule has 0 saturated carbocycles. The number of benzene rings is 2. The molecule has 165 valence electrons. The smallest absolute Gasteiger partial charge is 0.340 e. The van der Waals surface area contributed by atoms with Crippen molar-refractivity contribution in [2.45, 2.75) is 13.0 Å². The summed E-state index contributed by atoms with van der Waals surface area (Å²) in [5.74, 6) is -0.252. The number of hydrogen-bond acceptors (Lipinski definition) is 6. The van der Waals surface area contributed by atoms with E-state index >= 15 is 0 Å². The Kier molecular flexibility index (Phi) is 10.6. The summed E-state index contributed by atoms with van der Waals surface area (Å²) < 4.78 is 25.2. The molecule has 9 heteroatoms. The molecular weight excluding hydrogens is 478 g/mol. The van der Waals surface area contributed by atoms with E-state index in [2.05, 4.69) is 5.32 Å². The number of nitrogens with two attached hydrogens (primary N) is 1. The zero-order chi connectivity index (χ0) is 22.4. The van der Waals surface area contributed by atoms with Crippen LogP contribution in [0.5, 0.6) is 11.5 Å². The number of fused-ring (bicyclic) bond motifs is 1. The molecule has 1 radical (unpaired) electrons. The molecule has 3 aromatic rings. The molecule has 3 N–H and O–H groups in total. The minimum Gasteiger partial charge on any atom is -0.668 e. The first-order chi connectivity index (χ1) is 14.2. The van der Waals surface area contributed by atoms with Crippen molar-refractivity contribution in [3.8, 4) is 11.5 Å². The van der Waals surface area contributed by atoms with Crippen LogP contribution in [0.25, 0.3) is 16.3 Å². The zero-order valence-corrected chi connectivity index (χ0v) is 21.2. The number of rotatable bonds is 5. The molecule has 31 heavy (non-hydrogen) atoms. The Bertz CT molecular complexity index is 1090. The van der Waals surface area contributed by atoms with Gasteiger partial charge in [-0.2, -0.15) is 14.1 Å². The number of nitrogen functional groups attached to an aromatic ring is 1. The van der Waals surface area contributed by atoms with Gasteiger partial charge in [-0.3, -0.25) is 0 Å². The number of hydrogen-bond donors (Lipinski definition) is 2. The maximum atomic E-state index is 14.4. The molecule has 0 bridgehead atoms. The second-order valence-electron chi connectivity index (χ2n) is 7.05. The third-order valence-corrected chi connectivity index (χ3v) is 4.34. The van der Waals surface area contributed by atoms with Gasteiger partial charge in [0.1, 0.15) is 22.9 Å². The molecule has 7 nitrogen and oxygen atoms in total. The maximum Gasteiger partial charge on any atom is 0.340 e. The van der Waals surface area contributed by atoms with E-state index in [9.17, 15) is 14.3 Å². The molecule has 0 spiro atoms. The van der Waals surface area contributed by atoms with Gasteiger partial charge < -0.3 is 30.2 Å². The van der Waals surface area contributed by atoms with Crippen LogP contribution in [-0.4, -0.2) is 45.3 Å². The fraction of sp³-hybridized carbons (Fsp3) is 0.318. The molecule has 0 aliphatic carbocycles. The number of phenols is 1. The summed E-state index contributed by atoms with van der Waals surface area (Å²) in [6, 6.07) is 7.51. The van der Waals surface area contributed by atoms with Crippen LogP contribution in [0, 0.1) is 5.82 Å². The largest absolute Gasteiger partial charge is 0.668 e. The van der Waals surface area contributed by atoms with Crippen molar-refractivity contribution in [1.29, 1.82) is 0 Å². The van der Waals surface area contributed by atoms with Crippen molar-refractivity contribution >= 4 is 16.7 Å². The molecule has 0 aliphatic rings. The Hall–Kier alpha value is -2.00. The summed E-state index contributed by atoms with van der Waals surface area (Å²) in [6.45, 7) is 0.405. The first-order valence-corrected chi connectivity index (χ1v) is 9.24. The van der Waals surface area contributed by atoms with Gasteiger partial charge in [-0.15, -0.1) is 0 Å². The summed E-state index contributed by atoms with van der Waals surface area (Å²) in [4.78, 5) is 14.6. The SMILES string of the molecule is COc1cc(O)cc2oc(=O)c(Cc3cccc(N)c3F)c(CN(C)C)c12.C[N-]C.[Y]. The topological polar surface area (TPSA) is 103 Å². The fourth-order valence-corrected chi connectivity index (χ4v) is 3.15. The van der Waals surface area contributed by atoms with Crippen molar-refractivity contribution in [1.82, 2.24) is 4.90 Å². The average molecular weight is 505 g/mol. The van der Waals surface area contributed by atoms with E-state index < -0.39 is 11.4 Å². The van der Waals surface area contributed by atoms with Gasteiger partial charge in [-0.25, -0.2) is 9.18 Å². The van der Waals surface area contributed by atoms with Crippen LogP contribution in [0.1, 0.15) is 16.7 Å². The number of methoxy groups -OCH3 is 1. The molecular formula is C22H27FN3O4Y-. The van der Waals surface area contributed by atoms with Gasteiger partial charge in [0.25, 0.3) is 0 Å². The Morgan fingerprint density at radius 1 is 1.23 bits per heavy atom. The van der Waals surface area contributed by atoms with E-state index in [-0.39, 0.29) is 56.1 Å². The van der Waals surface area contributed by atoms with E-state index in [0.717, 1.165) is 0 Å². The fourth-order valence-electron chi connectivity index (χ4n) is 3.15. The first-order valence-electron chi connectivity index (χ1n) is 9.24. The van der Waals surface area contributed by atoms with Crippen molar-refractivity contribution in [3.63, 3.8) is 0 Å². The monoisotopic (exact) mass is 505 g/mol. The summed E-state index contributed by atoms with van der Waals surface area (Å²) in [6.07, 6.45) is 0.0301. The number of ether oxygens (including phenoxy) is 1. The van der Waals surface area contributed by atoms with Crippen LogP contribution in [0.15, 0.2) is 39.5 Å². The number of anilines is 1. The van der Waals surface area contributed by atoms with Crippen LogP contribution >= 0.6 is 0 Å². The van der Waals surface area contributed by atoms with Crippen LogP contribution in [0.3, 0.4) is 0 Å². The Balaban J connectivity index is 0.00000113. The van der Waals surface area contributed by atoms with Gasteiger partial charge >= 0.3 is 5.63 Å². The maximum absolute atomic E-state index is 14.4. The van der Waals surface area contributed by atoms with Gasteiger partial charge in [-0.05, 0) is 31.3 Å². The van der Waals surface area contributed by atoms with E-state index in [0.29, 0.717) is 34.4 Å². The number of phenolic OH excluding ortho intramolecular Hbond substituents is 1. The number of aromatic hydroxyl groups is 1.